The Morgan fingerprint density at radius 3 is 2.63 bits per heavy atom. The number of likely N-dealkylation sites (tertiary alicyclic amines) is 1. The average Bonchev–Trinajstić information content (AvgIpc) is 2.62. The number of fused-ring (bicyclic) bond motifs is 1. The third-order valence-electron chi connectivity index (χ3n) is 5.65. The third-order valence-corrected chi connectivity index (χ3v) is 5.65. The van der Waals surface area contributed by atoms with Crippen molar-refractivity contribution in [3.63, 3.8) is 0 Å². The van der Waals surface area contributed by atoms with Gasteiger partial charge in [-0.1, -0.05) is 0 Å². The van der Waals surface area contributed by atoms with E-state index in [1.165, 1.54) is 6.07 Å². The highest BCUT2D eigenvalue weighted by Gasteiger charge is 2.40. The van der Waals surface area contributed by atoms with Gasteiger partial charge in [0.2, 0.25) is 5.91 Å². The number of pyridine rings is 1. The SMILES string of the molecule is CC(=O)N1CCC2(CC1)CN(c1cc(C)nc3c(F)cc(F)cc13)CCO2. The highest BCUT2D eigenvalue weighted by atomic mass is 19.1. The Hall–Kier alpha value is -2.28. The smallest absolute Gasteiger partial charge is 0.219 e. The third kappa shape index (κ3) is 3.36. The van der Waals surface area contributed by atoms with Crippen LogP contribution in [0.2, 0.25) is 0 Å². The minimum Gasteiger partial charge on any atom is -0.371 e. The molecule has 3 heterocycles. The zero-order chi connectivity index (χ0) is 19.2. The number of ether oxygens (including phenoxy) is 1. The van der Waals surface area contributed by atoms with Crippen LogP contribution >= 0.6 is 0 Å². The highest BCUT2D eigenvalue weighted by Crippen LogP contribution is 2.35. The highest BCUT2D eigenvalue weighted by molar-refractivity contribution is 5.92. The van der Waals surface area contributed by atoms with Crippen LogP contribution in [0, 0.1) is 18.6 Å². The first kappa shape index (κ1) is 18.1. The maximum absolute atomic E-state index is 14.3. The molecule has 27 heavy (non-hydrogen) atoms. The molecular formula is C20H23F2N3O2. The summed E-state index contributed by atoms with van der Waals surface area (Å²) >= 11 is 0. The van der Waals surface area contributed by atoms with Crippen LogP contribution in [0.15, 0.2) is 18.2 Å². The summed E-state index contributed by atoms with van der Waals surface area (Å²) in [4.78, 5) is 19.8. The molecule has 2 aliphatic heterocycles. The van der Waals surface area contributed by atoms with Crippen LogP contribution < -0.4 is 4.90 Å². The zero-order valence-corrected chi connectivity index (χ0v) is 15.6. The molecule has 2 fully saturated rings. The summed E-state index contributed by atoms with van der Waals surface area (Å²) in [6.07, 6.45) is 1.52. The molecule has 2 saturated heterocycles. The summed E-state index contributed by atoms with van der Waals surface area (Å²) in [6, 6.07) is 4.10. The average molecular weight is 375 g/mol. The molecule has 0 saturated carbocycles. The van der Waals surface area contributed by atoms with Gasteiger partial charge in [-0.3, -0.25) is 4.79 Å². The van der Waals surface area contributed by atoms with Gasteiger partial charge in [0.05, 0.1) is 12.2 Å². The fourth-order valence-electron chi connectivity index (χ4n) is 4.20. The van der Waals surface area contributed by atoms with Crippen LogP contribution in [0.25, 0.3) is 10.9 Å². The molecule has 1 aromatic heterocycles. The first-order valence-electron chi connectivity index (χ1n) is 9.28. The van der Waals surface area contributed by atoms with E-state index < -0.39 is 11.6 Å². The van der Waals surface area contributed by atoms with Crippen LogP contribution in [0.3, 0.4) is 0 Å². The summed E-state index contributed by atoms with van der Waals surface area (Å²) in [5.41, 5.74) is 1.33. The maximum Gasteiger partial charge on any atom is 0.219 e. The molecule has 0 N–H and O–H groups in total. The summed E-state index contributed by atoms with van der Waals surface area (Å²) in [7, 11) is 0. The van der Waals surface area contributed by atoms with E-state index in [2.05, 4.69) is 9.88 Å². The number of aromatic nitrogens is 1. The Morgan fingerprint density at radius 1 is 1.19 bits per heavy atom. The van der Waals surface area contributed by atoms with Crippen LogP contribution in [-0.4, -0.2) is 54.2 Å². The van der Waals surface area contributed by atoms with E-state index >= 15 is 0 Å². The van der Waals surface area contributed by atoms with E-state index in [1.54, 1.807) is 6.92 Å². The van der Waals surface area contributed by atoms with E-state index in [-0.39, 0.29) is 17.0 Å². The standard InChI is InChI=1S/C20H23F2N3O2/c1-13-9-18(16-10-15(21)11-17(22)19(16)23-13)25-7-8-27-20(12-25)3-5-24(6-4-20)14(2)26/h9-11H,3-8,12H2,1-2H3. The first-order valence-corrected chi connectivity index (χ1v) is 9.28. The molecule has 0 radical (unpaired) electrons. The van der Waals surface area contributed by atoms with Gasteiger partial charge < -0.3 is 14.5 Å². The summed E-state index contributed by atoms with van der Waals surface area (Å²) in [5, 5.41) is 0.483. The Kier molecular flexibility index (Phi) is 4.50. The second-order valence-electron chi connectivity index (χ2n) is 7.53. The van der Waals surface area contributed by atoms with E-state index in [0.29, 0.717) is 43.9 Å². The Morgan fingerprint density at radius 2 is 1.93 bits per heavy atom. The number of rotatable bonds is 1. The molecule has 4 rings (SSSR count). The molecule has 2 aromatic rings. The first-order chi connectivity index (χ1) is 12.9. The van der Waals surface area contributed by atoms with Crippen molar-refractivity contribution in [2.45, 2.75) is 32.3 Å². The molecule has 2 aliphatic rings. The van der Waals surface area contributed by atoms with Gasteiger partial charge in [-0.15, -0.1) is 0 Å². The lowest BCUT2D eigenvalue weighted by Crippen LogP contribution is -2.57. The number of benzene rings is 1. The lowest BCUT2D eigenvalue weighted by Gasteiger charge is -2.48. The minimum absolute atomic E-state index is 0.0826. The van der Waals surface area contributed by atoms with Crippen LogP contribution in [-0.2, 0) is 9.53 Å². The maximum atomic E-state index is 14.3. The number of morpholine rings is 1. The molecule has 1 amide bonds. The van der Waals surface area contributed by atoms with E-state index in [9.17, 15) is 13.6 Å². The molecule has 0 atom stereocenters. The van der Waals surface area contributed by atoms with Gasteiger partial charge in [0.1, 0.15) is 11.3 Å². The number of nitrogens with zero attached hydrogens (tertiary/aromatic N) is 3. The number of hydrogen-bond donors (Lipinski definition) is 0. The van der Waals surface area contributed by atoms with Crippen molar-refractivity contribution >= 4 is 22.5 Å². The van der Waals surface area contributed by atoms with Crippen molar-refractivity contribution in [2.24, 2.45) is 0 Å². The Balaban J connectivity index is 1.67. The van der Waals surface area contributed by atoms with Crippen LogP contribution in [0.4, 0.5) is 14.5 Å². The monoisotopic (exact) mass is 375 g/mol. The number of piperidine rings is 1. The topological polar surface area (TPSA) is 45.7 Å². The lowest BCUT2D eigenvalue weighted by atomic mass is 9.89. The fraction of sp³-hybridized carbons (Fsp3) is 0.500. The predicted molar refractivity (Wildman–Crippen MR) is 98.8 cm³/mol. The van der Waals surface area contributed by atoms with Gasteiger partial charge in [0.15, 0.2) is 5.82 Å². The van der Waals surface area contributed by atoms with Gasteiger partial charge in [-0.2, -0.15) is 0 Å². The largest absolute Gasteiger partial charge is 0.371 e. The molecule has 0 aliphatic carbocycles. The van der Waals surface area contributed by atoms with Crippen molar-refractivity contribution < 1.29 is 18.3 Å². The molecular weight excluding hydrogens is 352 g/mol. The predicted octanol–water partition coefficient (Wildman–Crippen LogP) is 3.04. The van der Waals surface area contributed by atoms with Gasteiger partial charge >= 0.3 is 0 Å². The van der Waals surface area contributed by atoms with E-state index in [4.69, 9.17) is 4.74 Å². The summed E-state index contributed by atoms with van der Waals surface area (Å²) in [6.45, 7) is 6.56. The van der Waals surface area contributed by atoms with Gasteiger partial charge in [-0.25, -0.2) is 13.8 Å². The minimum atomic E-state index is -0.646. The lowest BCUT2D eigenvalue weighted by molar-refractivity contribution is -0.137. The number of hydrogen-bond acceptors (Lipinski definition) is 4. The molecule has 0 unspecified atom stereocenters. The molecule has 7 heteroatoms. The van der Waals surface area contributed by atoms with Gasteiger partial charge in [0, 0.05) is 55.9 Å². The van der Waals surface area contributed by atoms with Crippen molar-refractivity contribution in [3.8, 4) is 0 Å². The number of carbonyl (C=O) groups excluding carboxylic acids is 1. The van der Waals surface area contributed by atoms with Gasteiger partial charge in [-0.05, 0) is 31.9 Å². The van der Waals surface area contributed by atoms with Crippen molar-refractivity contribution in [3.05, 3.63) is 35.5 Å². The van der Waals surface area contributed by atoms with Crippen molar-refractivity contribution in [2.75, 3.05) is 37.7 Å². The zero-order valence-electron chi connectivity index (χ0n) is 15.6. The fourth-order valence-corrected chi connectivity index (χ4v) is 4.20. The molecule has 5 nitrogen and oxygen atoms in total. The van der Waals surface area contributed by atoms with Gasteiger partial charge in [0.25, 0.3) is 0 Å². The summed E-state index contributed by atoms with van der Waals surface area (Å²) in [5.74, 6) is -1.17. The quantitative estimate of drug-likeness (QED) is 0.769. The molecule has 1 spiro atoms. The Bertz CT molecular complexity index is 894. The number of carbonyl (C=O) groups is 1. The second kappa shape index (κ2) is 6.71. The number of halogens is 2. The number of aryl methyl sites for hydroxylation is 1. The normalized spacial score (nSPS) is 19.7. The molecule has 1 aromatic carbocycles. The van der Waals surface area contributed by atoms with Crippen molar-refractivity contribution in [1.82, 2.24) is 9.88 Å². The van der Waals surface area contributed by atoms with E-state index in [0.717, 1.165) is 24.6 Å². The van der Waals surface area contributed by atoms with Crippen molar-refractivity contribution in [1.29, 1.82) is 0 Å². The van der Waals surface area contributed by atoms with Crippen LogP contribution in [0.5, 0.6) is 0 Å². The number of amides is 1. The Labute approximate surface area is 156 Å². The second-order valence-corrected chi connectivity index (χ2v) is 7.53. The number of anilines is 1. The molecule has 144 valence electrons. The summed E-state index contributed by atoms with van der Waals surface area (Å²) < 4.78 is 34.3. The van der Waals surface area contributed by atoms with E-state index in [1.807, 2.05) is 17.9 Å². The molecule has 0 bridgehead atoms. The van der Waals surface area contributed by atoms with Crippen LogP contribution in [0.1, 0.15) is 25.5 Å².